The highest BCUT2D eigenvalue weighted by Gasteiger charge is 2.00. The topological polar surface area (TPSA) is 50.4 Å². The minimum Gasteiger partial charge on any atom is -0.381 e. The SMILES string of the molecule is CNCCCCNC(=O)CCCOCC(C)C. The third kappa shape index (κ3) is 13.3. The Kier molecular flexibility index (Phi) is 11.4. The molecule has 4 heteroatoms. The van der Waals surface area contributed by atoms with E-state index < -0.39 is 0 Å². The Balaban J connectivity index is 3.18. The summed E-state index contributed by atoms with van der Waals surface area (Å²) in [4.78, 5) is 11.4. The lowest BCUT2D eigenvalue weighted by Crippen LogP contribution is -2.25. The maximum Gasteiger partial charge on any atom is 0.220 e. The number of amides is 1. The number of ether oxygens (including phenoxy) is 1. The predicted octanol–water partition coefficient (Wildman–Crippen LogP) is 1.55. The van der Waals surface area contributed by atoms with Crippen LogP contribution in [-0.2, 0) is 9.53 Å². The fraction of sp³-hybridized carbons (Fsp3) is 0.923. The van der Waals surface area contributed by atoms with Gasteiger partial charge in [0, 0.05) is 26.2 Å². The number of hydrogen-bond acceptors (Lipinski definition) is 3. The zero-order valence-electron chi connectivity index (χ0n) is 11.6. The van der Waals surface area contributed by atoms with Gasteiger partial charge < -0.3 is 15.4 Å². The quantitative estimate of drug-likeness (QED) is 0.542. The van der Waals surface area contributed by atoms with Crippen LogP contribution in [0, 0.1) is 5.92 Å². The molecule has 102 valence electrons. The van der Waals surface area contributed by atoms with Crippen molar-refractivity contribution in [2.45, 2.75) is 39.5 Å². The van der Waals surface area contributed by atoms with Gasteiger partial charge >= 0.3 is 0 Å². The molecule has 0 aliphatic carbocycles. The van der Waals surface area contributed by atoms with E-state index in [1.54, 1.807) is 0 Å². The number of rotatable bonds is 11. The van der Waals surface area contributed by atoms with Gasteiger partial charge in [-0.15, -0.1) is 0 Å². The van der Waals surface area contributed by atoms with Crippen LogP contribution < -0.4 is 10.6 Å². The lowest BCUT2D eigenvalue weighted by atomic mass is 10.2. The molecule has 0 rings (SSSR count). The highest BCUT2D eigenvalue weighted by atomic mass is 16.5. The second kappa shape index (κ2) is 11.9. The lowest BCUT2D eigenvalue weighted by Gasteiger charge is -2.07. The molecule has 0 aromatic carbocycles. The van der Waals surface area contributed by atoms with Gasteiger partial charge in [-0.05, 0) is 38.8 Å². The number of hydrogen-bond donors (Lipinski definition) is 2. The van der Waals surface area contributed by atoms with Crippen LogP contribution in [0.15, 0.2) is 0 Å². The first-order valence-corrected chi connectivity index (χ1v) is 6.66. The van der Waals surface area contributed by atoms with Crippen LogP contribution in [0.5, 0.6) is 0 Å². The summed E-state index contributed by atoms with van der Waals surface area (Å²) in [6, 6.07) is 0. The second-order valence-electron chi connectivity index (χ2n) is 4.73. The van der Waals surface area contributed by atoms with Crippen LogP contribution in [0.2, 0.25) is 0 Å². The van der Waals surface area contributed by atoms with Crippen molar-refractivity contribution in [3.05, 3.63) is 0 Å². The molecule has 0 saturated heterocycles. The lowest BCUT2D eigenvalue weighted by molar-refractivity contribution is -0.121. The molecule has 0 aliphatic heterocycles. The highest BCUT2D eigenvalue weighted by Crippen LogP contribution is 1.96. The van der Waals surface area contributed by atoms with Crippen LogP contribution >= 0.6 is 0 Å². The minimum absolute atomic E-state index is 0.141. The fourth-order valence-electron chi connectivity index (χ4n) is 1.40. The predicted molar refractivity (Wildman–Crippen MR) is 71.1 cm³/mol. The van der Waals surface area contributed by atoms with E-state index in [1.165, 1.54) is 0 Å². The Labute approximate surface area is 105 Å². The largest absolute Gasteiger partial charge is 0.381 e. The van der Waals surface area contributed by atoms with E-state index in [0.29, 0.717) is 18.9 Å². The summed E-state index contributed by atoms with van der Waals surface area (Å²) in [5.41, 5.74) is 0. The number of unbranched alkanes of at least 4 members (excludes halogenated alkanes) is 1. The molecule has 0 aromatic rings. The molecule has 0 bridgehead atoms. The Bertz CT molecular complexity index is 184. The van der Waals surface area contributed by atoms with Crippen molar-refractivity contribution in [1.82, 2.24) is 10.6 Å². The Morgan fingerprint density at radius 3 is 2.53 bits per heavy atom. The molecule has 1 amide bonds. The fourth-order valence-corrected chi connectivity index (χ4v) is 1.40. The van der Waals surface area contributed by atoms with Crippen molar-refractivity contribution < 1.29 is 9.53 Å². The first-order chi connectivity index (χ1) is 8.16. The van der Waals surface area contributed by atoms with E-state index in [9.17, 15) is 4.79 Å². The molecule has 2 N–H and O–H groups in total. The van der Waals surface area contributed by atoms with Gasteiger partial charge in [0.15, 0.2) is 0 Å². The summed E-state index contributed by atoms with van der Waals surface area (Å²) in [6.45, 7) is 7.51. The molecule has 0 aromatic heterocycles. The summed E-state index contributed by atoms with van der Waals surface area (Å²) in [6.07, 6.45) is 3.53. The minimum atomic E-state index is 0.141. The molecule has 0 saturated carbocycles. The Hall–Kier alpha value is -0.610. The maximum absolute atomic E-state index is 11.4. The summed E-state index contributed by atoms with van der Waals surface area (Å²) < 4.78 is 5.41. The van der Waals surface area contributed by atoms with Crippen LogP contribution in [0.1, 0.15) is 39.5 Å². The number of carbonyl (C=O) groups excluding carboxylic acids is 1. The Morgan fingerprint density at radius 2 is 1.88 bits per heavy atom. The molecule has 0 atom stereocenters. The number of nitrogens with one attached hydrogen (secondary N) is 2. The molecule has 0 heterocycles. The third-order valence-electron chi connectivity index (χ3n) is 2.32. The molecule has 0 radical (unpaired) electrons. The van der Waals surface area contributed by atoms with Crippen molar-refractivity contribution in [2.75, 3.05) is 33.4 Å². The van der Waals surface area contributed by atoms with Gasteiger partial charge in [-0.2, -0.15) is 0 Å². The zero-order valence-corrected chi connectivity index (χ0v) is 11.6. The molecule has 0 spiro atoms. The maximum atomic E-state index is 11.4. The van der Waals surface area contributed by atoms with Gasteiger partial charge in [0.2, 0.25) is 5.91 Å². The molecule has 0 unspecified atom stereocenters. The molecular weight excluding hydrogens is 216 g/mol. The molecule has 17 heavy (non-hydrogen) atoms. The van der Waals surface area contributed by atoms with Crippen LogP contribution in [0.3, 0.4) is 0 Å². The van der Waals surface area contributed by atoms with E-state index in [2.05, 4.69) is 24.5 Å². The molecule has 0 aliphatic rings. The highest BCUT2D eigenvalue weighted by molar-refractivity contribution is 5.75. The van der Waals surface area contributed by atoms with Gasteiger partial charge in [0.25, 0.3) is 0 Å². The average Bonchev–Trinajstić information content (AvgIpc) is 2.28. The monoisotopic (exact) mass is 244 g/mol. The van der Waals surface area contributed by atoms with E-state index >= 15 is 0 Å². The Morgan fingerprint density at radius 1 is 1.18 bits per heavy atom. The van der Waals surface area contributed by atoms with Gasteiger partial charge in [-0.1, -0.05) is 13.8 Å². The first kappa shape index (κ1) is 16.4. The van der Waals surface area contributed by atoms with E-state index in [4.69, 9.17) is 4.74 Å². The van der Waals surface area contributed by atoms with Crippen molar-refractivity contribution in [2.24, 2.45) is 5.92 Å². The van der Waals surface area contributed by atoms with Gasteiger partial charge in [0.1, 0.15) is 0 Å². The van der Waals surface area contributed by atoms with Crippen molar-refractivity contribution in [3.8, 4) is 0 Å². The van der Waals surface area contributed by atoms with Gasteiger partial charge in [-0.25, -0.2) is 0 Å². The van der Waals surface area contributed by atoms with Crippen molar-refractivity contribution in [1.29, 1.82) is 0 Å². The molecule has 0 fully saturated rings. The van der Waals surface area contributed by atoms with Crippen LogP contribution in [-0.4, -0.2) is 39.3 Å². The standard InChI is InChI=1S/C13H28N2O2/c1-12(2)11-17-10-6-7-13(16)15-9-5-4-8-14-3/h12,14H,4-11H2,1-3H3,(H,15,16). The number of carbonyl (C=O) groups is 1. The molecular formula is C13H28N2O2. The second-order valence-corrected chi connectivity index (χ2v) is 4.73. The van der Waals surface area contributed by atoms with Crippen LogP contribution in [0.4, 0.5) is 0 Å². The summed E-state index contributed by atoms with van der Waals surface area (Å²) >= 11 is 0. The van der Waals surface area contributed by atoms with E-state index in [1.807, 2.05) is 7.05 Å². The van der Waals surface area contributed by atoms with Crippen molar-refractivity contribution >= 4 is 5.91 Å². The van der Waals surface area contributed by atoms with Crippen molar-refractivity contribution in [3.63, 3.8) is 0 Å². The normalized spacial score (nSPS) is 10.8. The van der Waals surface area contributed by atoms with E-state index in [-0.39, 0.29) is 5.91 Å². The third-order valence-corrected chi connectivity index (χ3v) is 2.32. The van der Waals surface area contributed by atoms with Crippen LogP contribution in [0.25, 0.3) is 0 Å². The summed E-state index contributed by atoms with van der Waals surface area (Å²) in [7, 11) is 1.94. The first-order valence-electron chi connectivity index (χ1n) is 6.66. The summed E-state index contributed by atoms with van der Waals surface area (Å²) in [5, 5.41) is 6.00. The van der Waals surface area contributed by atoms with E-state index in [0.717, 1.165) is 39.0 Å². The van der Waals surface area contributed by atoms with Gasteiger partial charge in [0.05, 0.1) is 0 Å². The van der Waals surface area contributed by atoms with Gasteiger partial charge in [-0.3, -0.25) is 4.79 Å². The zero-order chi connectivity index (χ0) is 12.9. The smallest absolute Gasteiger partial charge is 0.220 e. The molecule has 4 nitrogen and oxygen atoms in total. The average molecular weight is 244 g/mol. The summed E-state index contributed by atoms with van der Waals surface area (Å²) in [5.74, 6) is 0.707.